The first-order chi connectivity index (χ1) is 9.74. The van der Waals surface area contributed by atoms with Gasteiger partial charge in [-0.3, -0.25) is 4.90 Å². The lowest BCUT2D eigenvalue weighted by Crippen LogP contribution is -2.50. The normalized spacial score (nSPS) is 20.8. The first kappa shape index (κ1) is 16.0. The highest BCUT2D eigenvalue weighted by Crippen LogP contribution is 2.20. The number of hydrogen-bond donors (Lipinski definition) is 0. The van der Waals surface area contributed by atoms with Crippen LogP contribution in [0.1, 0.15) is 31.7 Å². The van der Waals surface area contributed by atoms with Gasteiger partial charge in [0.2, 0.25) is 0 Å². The van der Waals surface area contributed by atoms with E-state index in [9.17, 15) is 0 Å². The van der Waals surface area contributed by atoms with Crippen LogP contribution in [0.5, 0.6) is 0 Å². The summed E-state index contributed by atoms with van der Waals surface area (Å²) in [6, 6.07) is 11.6. The number of halogens is 1. The molecule has 1 heterocycles. The van der Waals surface area contributed by atoms with Gasteiger partial charge in [0.1, 0.15) is 0 Å². The van der Waals surface area contributed by atoms with Crippen LogP contribution >= 0.6 is 15.9 Å². The quantitative estimate of drug-likeness (QED) is 0.731. The molecule has 20 heavy (non-hydrogen) atoms. The SMILES string of the molecule is CCC(C)N1CCN(CC(CBr)c2ccccc2)CC1. The minimum absolute atomic E-state index is 0.603. The Kier molecular flexibility index (Phi) is 6.53. The van der Waals surface area contributed by atoms with Crippen LogP contribution in [0.15, 0.2) is 30.3 Å². The van der Waals surface area contributed by atoms with Gasteiger partial charge in [0.05, 0.1) is 0 Å². The van der Waals surface area contributed by atoms with Gasteiger partial charge >= 0.3 is 0 Å². The van der Waals surface area contributed by atoms with E-state index in [1.807, 2.05) is 0 Å². The molecule has 1 aromatic carbocycles. The molecule has 0 aromatic heterocycles. The largest absolute Gasteiger partial charge is 0.300 e. The third-order valence-corrected chi connectivity index (χ3v) is 5.34. The van der Waals surface area contributed by atoms with Crippen LogP contribution in [0.2, 0.25) is 0 Å². The molecule has 1 aromatic rings. The number of benzene rings is 1. The lowest BCUT2D eigenvalue weighted by molar-refractivity contribution is 0.0979. The van der Waals surface area contributed by atoms with Crippen molar-refractivity contribution in [2.45, 2.75) is 32.2 Å². The summed E-state index contributed by atoms with van der Waals surface area (Å²) >= 11 is 3.69. The zero-order chi connectivity index (χ0) is 14.4. The van der Waals surface area contributed by atoms with E-state index in [4.69, 9.17) is 0 Å². The monoisotopic (exact) mass is 338 g/mol. The highest BCUT2D eigenvalue weighted by Gasteiger charge is 2.22. The summed E-state index contributed by atoms with van der Waals surface area (Å²) in [4.78, 5) is 5.25. The average molecular weight is 339 g/mol. The summed E-state index contributed by atoms with van der Waals surface area (Å²) in [6.07, 6.45) is 1.26. The van der Waals surface area contributed by atoms with E-state index >= 15 is 0 Å². The van der Waals surface area contributed by atoms with Crippen molar-refractivity contribution in [3.8, 4) is 0 Å². The summed E-state index contributed by atoms with van der Waals surface area (Å²) in [5, 5.41) is 1.04. The maximum atomic E-state index is 3.69. The minimum Gasteiger partial charge on any atom is -0.300 e. The predicted octanol–water partition coefficient (Wildman–Crippen LogP) is 3.58. The molecule has 2 unspecified atom stereocenters. The van der Waals surface area contributed by atoms with Gasteiger partial charge < -0.3 is 4.90 Å². The topological polar surface area (TPSA) is 6.48 Å². The second kappa shape index (κ2) is 8.16. The zero-order valence-corrected chi connectivity index (χ0v) is 14.3. The zero-order valence-electron chi connectivity index (χ0n) is 12.8. The van der Waals surface area contributed by atoms with Crippen LogP contribution < -0.4 is 0 Å². The average Bonchev–Trinajstić information content (AvgIpc) is 2.53. The van der Waals surface area contributed by atoms with Crippen molar-refractivity contribution in [1.82, 2.24) is 9.80 Å². The van der Waals surface area contributed by atoms with E-state index in [2.05, 4.69) is 69.9 Å². The Morgan fingerprint density at radius 1 is 1.10 bits per heavy atom. The molecule has 0 amide bonds. The third kappa shape index (κ3) is 4.31. The van der Waals surface area contributed by atoms with E-state index in [1.54, 1.807) is 0 Å². The molecule has 1 aliphatic heterocycles. The molecule has 0 spiro atoms. The smallest absolute Gasteiger partial charge is 0.0113 e. The first-order valence-electron chi connectivity index (χ1n) is 7.82. The summed E-state index contributed by atoms with van der Waals surface area (Å²) < 4.78 is 0. The number of alkyl halides is 1. The number of piperazine rings is 1. The Bertz CT molecular complexity index is 374. The summed E-state index contributed by atoms with van der Waals surface area (Å²) in [5.74, 6) is 0.603. The fourth-order valence-corrected chi connectivity index (χ4v) is 3.50. The van der Waals surface area contributed by atoms with Gasteiger partial charge in [0.15, 0.2) is 0 Å². The van der Waals surface area contributed by atoms with Gasteiger partial charge in [-0.25, -0.2) is 0 Å². The van der Waals surface area contributed by atoms with E-state index < -0.39 is 0 Å². The molecule has 0 saturated carbocycles. The molecular formula is C17H27BrN2. The van der Waals surface area contributed by atoms with Crippen LogP contribution in [0.25, 0.3) is 0 Å². The first-order valence-corrected chi connectivity index (χ1v) is 8.94. The second-order valence-corrected chi connectivity index (χ2v) is 6.50. The highest BCUT2D eigenvalue weighted by molar-refractivity contribution is 9.09. The van der Waals surface area contributed by atoms with E-state index in [0.717, 1.165) is 11.4 Å². The Morgan fingerprint density at radius 2 is 1.75 bits per heavy atom. The van der Waals surface area contributed by atoms with Crippen molar-refractivity contribution in [2.24, 2.45) is 0 Å². The van der Waals surface area contributed by atoms with Crippen LogP contribution in [0.4, 0.5) is 0 Å². The lowest BCUT2D eigenvalue weighted by atomic mass is 10.0. The van der Waals surface area contributed by atoms with Crippen LogP contribution in [0.3, 0.4) is 0 Å². The molecule has 3 heteroatoms. The third-order valence-electron chi connectivity index (χ3n) is 4.56. The number of rotatable bonds is 6. The summed E-state index contributed by atoms with van der Waals surface area (Å²) in [7, 11) is 0. The van der Waals surface area contributed by atoms with Crippen molar-refractivity contribution in [3.05, 3.63) is 35.9 Å². The molecule has 0 N–H and O–H groups in total. The van der Waals surface area contributed by atoms with E-state index in [0.29, 0.717) is 5.92 Å². The molecule has 2 nitrogen and oxygen atoms in total. The van der Waals surface area contributed by atoms with E-state index in [-0.39, 0.29) is 0 Å². The van der Waals surface area contributed by atoms with Gasteiger partial charge in [0, 0.05) is 50.0 Å². The Hall–Kier alpha value is -0.380. The van der Waals surface area contributed by atoms with Crippen molar-refractivity contribution in [1.29, 1.82) is 0 Å². The standard InChI is InChI=1S/C17H27BrN2/c1-3-15(2)20-11-9-19(10-12-20)14-17(13-18)16-7-5-4-6-8-16/h4-8,15,17H,3,9-14H2,1-2H3. The van der Waals surface area contributed by atoms with Gasteiger partial charge in [-0.1, -0.05) is 53.2 Å². The maximum Gasteiger partial charge on any atom is 0.0113 e. The van der Waals surface area contributed by atoms with Gasteiger partial charge in [0.25, 0.3) is 0 Å². The summed E-state index contributed by atoms with van der Waals surface area (Å²) in [6.45, 7) is 10.7. The fourth-order valence-electron chi connectivity index (χ4n) is 2.93. The molecule has 1 aliphatic rings. The summed E-state index contributed by atoms with van der Waals surface area (Å²) in [5.41, 5.74) is 1.45. The molecule has 0 aliphatic carbocycles. The van der Waals surface area contributed by atoms with Gasteiger partial charge in [-0.2, -0.15) is 0 Å². The van der Waals surface area contributed by atoms with E-state index in [1.165, 1.54) is 44.7 Å². The lowest BCUT2D eigenvalue weighted by Gasteiger charge is -2.39. The Labute approximate surface area is 132 Å². The highest BCUT2D eigenvalue weighted by atomic mass is 79.9. The molecular weight excluding hydrogens is 312 g/mol. The molecule has 1 fully saturated rings. The van der Waals surface area contributed by atoms with Gasteiger partial charge in [-0.15, -0.1) is 0 Å². The molecule has 0 bridgehead atoms. The Balaban J connectivity index is 1.85. The maximum absolute atomic E-state index is 3.69. The predicted molar refractivity (Wildman–Crippen MR) is 90.7 cm³/mol. The number of nitrogens with zero attached hydrogens (tertiary/aromatic N) is 2. The fraction of sp³-hybridized carbons (Fsp3) is 0.647. The van der Waals surface area contributed by atoms with Crippen LogP contribution in [-0.2, 0) is 0 Å². The second-order valence-electron chi connectivity index (χ2n) is 5.86. The minimum atomic E-state index is 0.603. The Morgan fingerprint density at radius 3 is 2.30 bits per heavy atom. The van der Waals surface area contributed by atoms with Crippen molar-refractivity contribution < 1.29 is 0 Å². The van der Waals surface area contributed by atoms with Crippen molar-refractivity contribution in [2.75, 3.05) is 38.1 Å². The van der Waals surface area contributed by atoms with Crippen molar-refractivity contribution in [3.63, 3.8) is 0 Å². The molecule has 2 rings (SSSR count). The molecule has 2 atom stereocenters. The van der Waals surface area contributed by atoms with Crippen molar-refractivity contribution >= 4 is 15.9 Å². The van der Waals surface area contributed by atoms with Gasteiger partial charge in [-0.05, 0) is 18.9 Å². The molecule has 0 radical (unpaired) electrons. The molecule has 112 valence electrons. The number of hydrogen-bond acceptors (Lipinski definition) is 2. The molecule has 1 saturated heterocycles. The van der Waals surface area contributed by atoms with Crippen LogP contribution in [0, 0.1) is 0 Å². The van der Waals surface area contributed by atoms with Crippen LogP contribution in [-0.4, -0.2) is 53.9 Å².